The molecule has 0 spiro atoms. The molecule has 0 aliphatic rings. The number of rotatable bonds is 4. The van der Waals surface area contributed by atoms with Crippen molar-refractivity contribution in [2.75, 3.05) is 12.0 Å². The van der Waals surface area contributed by atoms with Crippen molar-refractivity contribution in [1.82, 2.24) is 0 Å². The lowest BCUT2D eigenvalue weighted by Crippen LogP contribution is -2.30. The summed E-state index contributed by atoms with van der Waals surface area (Å²) < 4.78 is 31.7. The van der Waals surface area contributed by atoms with E-state index in [0.29, 0.717) is 6.42 Å². The highest BCUT2D eigenvalue weighted by molar-refractivity contribution is 7.98. The molecule has 0 aliphatic carbocycles. The number of halogens is 3. The van der Waals surface area contributed by atoms with Crippen LogP contribution < -0.4 is 5.73 Å². The van der Waals surface area contributed by atoms with Crippen LogP contribution in [0.3, 0.4) is 0 Å². The molecule has 0 heterocycles. The van der Waals surface area contributed by atoms with Crippen molar-refractivity contribution in [2.24, 2.45) is 5.73 Å². The van der Waals surface area contributed by atoms with E-state index in [9.17, 15) is 18.0 Å². The van der Waals surface area contributed by atoms with Gasteiger partial charge in [0.1, 0.15) is 6.04 Å². The summed E-state index contributed by atoms with van der Waals surface area (Å²) in [6.45, 7) is 0. The zero-order chi connectivity index (χ0) is 13.4. The number of thioether (sulfide) groups is 1. The monoisotopic (exact) mass is 263 g/mol. The van der Waals surface area contributed by atoms with E-state index >= 15 is 0 Å². The topological polar surface area (TPSA) is 101 Å². The van der Waals surface area contributed by atoms with Crippen LogP contribution in [-0.2, 0) is 9.59 Å². The summed E-state index contributed by atoms with van der Waals surface area (Å²) in [5, 5.41) is 15.4. The first kappa shape index (κ1) is 17.4. The van der Waals surface area contributed by atoms with Crippen molar-refractivity contribution in [3.63, 3.8) is 0 Å². The van der Waals surface area contributed by atoms with E-state index in [4.69, 9.17) is 20.7 Å². The van der Waals surface area contributed by atoms with E-state index in [0.717, 1.165) is 5.75 Å². The molecule has 9 heteroatoms. The van der Waals surface area contributed by atoms with Crippen LogP contribution in [-0.4, -0.2) is 46.4 Å². The number of carboxylic acid groups (broad SMARTS) is 2. The zero-order valence-electron chi connectivity index (χ0n) is 8.32. The van der Waals surface area contributed by atoms with E-state index in [1.54, 1.807) is 11.8 Å². The highest BCUT2D eigenvalue weighted by Crippen LogP contribution is 2.13. The Bertz CT molecular complexity index is 234. The molecule has 0 aromatic rings. The minimum atomic E-state index is -5.08. The third-order valence-corrected chi connectivity index (χ3v) is 1.84. The van der Waals surface area contributed by atoms with Gasteiger partial charge in [0.05, 0.1) is 0 Å². The number of carbonyl (C=O) groups is 2. The summed E-state index contributed by atoms with van der Waals surface area (Å²) in [6, 6.07) is -0.683. The van der Waals surface area contributed by atoms with Gasteiger partial charge < -0.3 is 15.9 Å². The van der Waals surface area contributed by atoms with E-state index in [2.05, 4.69) is 0 Å². The molecule has 0 aliphatic heterocycles. The molecule has 0 rings (SSSR count). The Morgan fingerprint density at radius 1 is 1.38 bits per heavy atom. The first-order valence-electron chi connectivity index (χ1n) is 3.90. The Morgan fingerprint density at radius 3 is 1.94 bits per heavy atom. The molecule has 96 valence electrons. The van der Waals surface area contributed by atoms with Crippen LogP contribution in [0.4, 0.5) is 13.2 Å². The van der Waals surface area contributed by atoms with Gasteiger partial charge in [0.25, 0.3) is 0 Å². The lowest BCUT2D eigenvalue weighted by atomic mass is 10.2. The number of carboxylic acids is 2. The lowest BCUT2D eigenvalue weighted by molar-refractivity contribution is -0.192. The minimum Gasteiger partial charge on any atom is -0.480 e. The standard InChI is InChI=1S/C5H11NO2S.C2HF3O2/c1-9-3-2-4(6)5(7)8;3-2(4,5)1(6)7/h4H,2-3,6H2,1H3,(H,7,8);(H,6,7). The van der Waals surface area contributed by atoms with Gasteiger partial charge in [0.15, 0.2) is 0 Å². The number of alkyl halides is 3. The summed E-state index contributed by atoms with van der Waals surface area (Å²) in [4.78, 5) is 19.0. The molecule has 0 saturated carbocycles. The Hall–Kier alpha value is -0.960. The largest absolute Gasteiger partial charge is 0.490 e. The summed E-state index contributed by atoms with van der Waals surface area (Å²) in [6.07, 6.45) is -2.61. The van der Waals surface area contributed by atoms with Gasteiger partial charge in [-0.05, 0) is 18.4 Å². The van der Waals surface area contributed by atoms with Gasteiger partial charge >= 0.3 is 18.1 Å². The average Bonchev–Trinajstić information content (AvgIpc) is 2.13. The first-order chi connectivity index (χ1) is 7.12. The quantitative estimate of drug-likeness (QED) is 0.693. The molecule has 0 fully saturated rings. The smallest absolute Gasteiger partial charge is 0.480 e. The molecule has 0 amide bonds. The zero-order valence-corrected chi connectivity index (χ0v) is 9.14. The van der Waals surface area contributed by atoms with E-state index < -0.39 is 24.2 Å². The second kappa shape index (κ2) is 8.22. The second-order valence-corrected chi connectivity index (χ2v) is 3.51. The number of aliphatic carboxylic acids is 2. The van der Waals surface area contributed by atoms with Gasteiger partial charge in [-0.1, -0.05) is 0 Å². The van der Waals surface area contributed by atoms with Crippen molar-refractivity contribution in [3.05, 3.63) is 0 Å². The van der Waals surface area contributed by atoms with Gasteiger partial charge in [-0.2, -0.15) is 24.9 Å². The lowest BCUT2D eigenvalue weighted by Gasteiger charge is -2.02. The van der Waals surface area contributed by atoms with Gasteiger partial charge in [0.2, 0.25) is 0 Å². The van der Waals surface area contributed by atoms with E-state index in [1.807, 2.05) is 6.26 Å². The SMILES string of the molecule is CSCCC(N)C(=O)O.O=C(O)C(F)(F)F. The van der Waals surface area contributed by atoms with E-state index in [1.165, 1.54) is 0 Å². The Kier molecular flexibility index (Phi) is 8.96. The molecule has 0 radical (unpaired) electrons. The maximum Gasteiger partial charge on any atom is 0.490 e. The molecule has 0 aromatic heterocycles. The fraction of sp³-hybridized carbons (Fsp3) is 0.714. The van der Waals surface area contributed by atoms with E-state index in [-0.39, 0.29) is 0 Å². The normalized spacial score (nSPS) is 12.3. The van der Waals surface area contributed by atoms with Crippen LogP contribution in [0.15, 0.2) is 0 Å². The fourth-order valence-corrected chi connectivity index (χ4v) is 0.858. The molecular formula is C7H12F3NO4S. The summed E-state index contributed by atoms with van der Waals surface area (Å²) in [7, 11) is 0. The number of hydrogen-bond acceptors (Lipinski definition) is 4. The van der Waals surface area contributed by atoms with Crippen molar-refractivity contribution in [2.45, 2.75) is 18.6 Å². The second-order valence-electron chi connectivity index (χ2n) is 2.53. The van der Waals surface area contributed by atoms with Crippen LogP contribution in [0.25, 0.3) is 0 Å². The Labute approximate surface area is 93.8 Å². The molecule has 0 aromatic carbocycles. The maximum atomic E-state index is 10.6. The predicted molar refractivity (Wildman–Crippen MR) is 52.3 cm³/mol. The third kappa shape index (κ3) is 11.1. The first-order valence-corrected chi connectivity index (χ1v) is 5.29. The van der Waals surface area contributed by atoms with Crippen LogP contribution in [0.2, 0.25) is 0 Å². The average molecular weight is 263 g/mol. The van der Waals surface area contributed by atoms with Crippen molar-refractivity contribution in [3.8, 4) is 0 Å². The van der Waals surface area contributed by atoms with Crippen molar-refractivity contribution < 1.29 is 33.0 Å². The molecule has 0 bridgehead atoms. The molecule has 5 nitrogen and oxygen atoms in total. The molecular weight excluding hydrogens is 251 g/mol. The summed E-state index contributed by atoms with van der Waals surface area (Å²) in [5.74, 6) is -2.86. The van der Waals surface area contributed by atoms with Crippen LogP contribution in [0.5, 0.6) is 0 Å². The number of hydrogen-bond donors (Lipinski definition) is 3. The highest BCUT2D eigenvalue weighted by Gasteiger charge is 2.38. The Morgan fingerprint density at radius 2 is 1.75 bits per heavy atom. The third-order valence-electron chi connectivity index (χ3n) is 1.19. The van der Waals surface area contributed by atoms with Crippen molar-refractivity contribution >= 4 is 23.7 Å². The molecule has 4 N–H and O–H groups in total. The predicted octanol–water partition coefficient (Wildman–Crippen LogP) is 0.785. The van der Waals surface area contributed by atoms with Crippen LogP contribution in [0, 0.1) is 0 Å². The molecule has 1 unspecified atom stereocenters. The fourth-order valence-electron chi connectivity index (χ4n) is 0.368. The Balaban J connectivity index is 0. The molecule has 16 heavy (non-hydrogen) atoms. The highest BCUT2D eigenvalue weighted by atomic mass is 32.2. The van der Waals surface area contributed by atoms with Crippen LogP contribution >= 0.6 is 11.8 Å². The molecule has 0 saturated heterocycles. The van der Waals surface area contributed by atoms with Crippen LogP contribution in [0.1, 0.15) is 6.42 Å². The number of nitrogens with two attached hydrogens (primary N) is 1. The summed E-state index contributed by atoms with van der Waals surface area (Å²) >= 11 is 1.60. The summed E-state index contributed by atoms with van der Waals surface area (Å²) in [5.41, 5.74) is 5.19. The molecule has 1 atom stereocenters. The van der Waals surface area contributed by atoms with Gasteiger partial charge in [0, 0.05) is 0 Å². The van der Waals surface area contributed by atoms with Gasteiger partial charge in [-0.3, -0.25) is 4.79 Å². The van der Waals surface area contributed by atoms with Gasteiger partial charge in [-0.15, -0.1) is 0 Å². The van der Waals surface area contributed by atoms with Crippen molar-refractivity contribution in [1.29, 1.82) is 0 Å². The minimum absolute atomic E-state index is 0.552. The maximum absolute atomic E-state index is 10.6. The van der Waals surface area contributed by atoms with Gasteiger partial charge in [-0.25, -0.2) is 4.79 Å².